The van der Waals surface area contributed by atoms with Gasteiger partial charge in [0.1, 0.15) is 5.75 Å². The molecule has 2 aromatic rings. The molecule has 0 saturated carbocycles. The van der Waals surface area contributed by atoms with Crippen LogP contribution in [0.1, 0.15) is 18.7 Å². The van der Waals surface area contributed by atoms with Crippen LogP contribution in [0.3, 0.4) is 0 Å². The summed E-state index contributed by atoms with van der Waals surface area (Å²) in [5, 5.41) is 7.82. The minimum Gasteiger partial charge on any atom is -0.491 e. The van der Waals surface area contributed by atoms with Crippen LogP contribution >= 0.6 is 23.6 Å². The highest BCUT2D eigenvalue weighted by atomic mass is 32.1. The lowest BCUT2D eigenvalue weighted by Gasteiger charge is -2.14. The zero-order valence-electron chi connectivity index (χ0n) is 13.6. The van der Waals surface area contributed by atoms with Gasteiger partial charge in [0, 0.05) is 11.0 Å². The molecule has 0 saturated heterocycles. The van der Waals surface area contributed by atoms with E-state index < -0.39 is 0 Å². The van der Waals surface area contributed by atoms with Gasteiger partial charge in [0.2, 0.25) is 5.91 Å². The number of carbonyl (C=O) groups is 1. The Balaban J connectivity index is 1.91. The summed E-state index contributed by atoms with van der Waals surface area (Å²) in [5.41, 5.74) is 0.727. The average Bonchev–Trinajstić information content (AvgIpc) is 3.05. The number of anilines is 1. The average molecular weight is 361 g/mol. The van der Waals surface area contributed by atoms with Crippen molar-refractivity contribution in [2.75, 3.05) is 11.9 Å². The molecule has 2 N–H and O–H groups in total. The first-order valence-corrected chi connectivity index (χ1v) is 8.89. The van der Waals surface area contributed by atoms with Crippen LogP contribution in [0.25, 0.3) is 6.08 Å². The lowest BCUT2D eigenvalue weighted by Crippen LogP contribution is -2.33. The predicted molar refractivity (Wildman–Crippen MR) is 104 cm³/mol. The number of carbonyl (C=O) groups excluding carboxylic acids is 1. The number of rotatable bonds is 6. The van der Waals surface area contributed by atoms with E-state index in [-0.39, 0.29) is 11.0 Å². The second kappa shape index (κ2) is 9.20. The van der Waals surface area contributed by atoms with Crippen LogP contribution < -0.4 is 15.4 Å². The summed E-state index contributed by atoms with van der Waals surface area (Å²) in [5.74, 6) is 0.852. The molecule has 0 radical (unpaired) electrons. The summed E-state index contributed by atoms with van der Waals surface area (Å²) < 4.78 is 5.75. The minimum atomic E-state index is -0.276. The summed E-state index contributed by atoms with van der Waals surface area (Å²) in [7, 11) is 0. The Morgan fingerprint density at radius 2 is 2.08 bits per heavy atom. The topological polar surface area (TPSA) is 50.4 Å². The van der Waals surface area contributed by atoms with E-state index in [1.807, 2.05) is 41.8 Å². The van der Waals surface area contributed by atoms with E-state index in [1.165, 1.54) is 6.08 Å². The smallest absolute Gasteiger partial charge is 0.250 e. The normalized spacial score (nSPS) is 10.8. The Kier molecular flexibility index (Phi) is 6.96. The van der Waals surface area contributed by atoms with E-state index in [4.69, 9.17) is 17.0 Å². The lowest BCUT2D eigenvalue weighted by atomic mass is 10.2. The molecule has 1 heterocycles. The van der Waals surface area contributed by atoms with Crippen molar-refractivity contribution in [3.63, 3.8) is 0 Å². The molecule has 1 amide bonds. The first-order chi connectivity index (χ1) is 11.5. The maximum absolute atomic E-state index is 11.9. The summed E-state index contributed by atoms with van der Waals surface area (Å²) in [6.07, 6.45) is 3.21. The first kappa shape index (κ1) is 18.2. The molecule has 0 aliphatic rings. The number of ether oxygens (including phenoxy) is 1. The van der Waals surface area contributed by atoms with Crippen molar-refractivity contribution in [3.8, 4) is 5.75 Å². The molecular formula is C18H20N2O2S2. The Morgan fingerprint density at radius 3 is 2.79 bits per heavy atom. The van der Waals surface area contributed by atoms with Gasteiger partial charge in [-0.1, -0.05) is 32.0 Å². The summed E-state index contributed by atoms with van der Waals surface area (Å²) in [6.45, 7) is 4.78. The number of thiocarbonyl (C=S) groups is 1. The number of benzene rings is 1. The van der Waals surface area contributed by atoms with Gasteiger partial charge in [0.15, 0.2) is 5.11 Å². The maximum atomic E-state index is 11.9. The Hall–Kier alpha value is -2.18. The number of hydrogen-bond acceptors (Lipinski definition) is 4. The SMILES string of the molecule is CC(C)COc1ccccc1NC(=S)NC(=O)/C=C/c1cccs1. The highest BCUT2D eigenvalue weighted by molar-refractivity contribution is 7.80. The van der Waals surface area contributed by atoms with Gasteiger partial charge in [0.25, 0.3) is 0 Å². The van der Waals surface area contributed by atoms with Crippen molar-refractivity contribution in [1.82, 2.24) is 5.32 Å². The van der Waals surface area contributed by atoms with Gasteiger partial charge in [-0.2, -0.15) is 0 Å². The number of hydrogen-bond donors (Lipinski definition) is 2. The Morgan fingerprint density at radius 1 is 1.29 bits per heavy atom. The highest BCUT2D eigenvalue weighted by Crippen LogP contribution is 2.24. The van der Waals surface area contributed by atoms with Crippen molar-refractivity contribution in [2.24, 2.45) is 5.92 Å². The third kappa shape index (κ3) is 6.14. The van der Waals surface area contributed by atoms with E-state index in [1.54, 1.807) is 17.4 Å². The van der Waals surface area contributed by atoms with Gasteiger partial charge in [-0.05, 0) is 47.8 Å². The minimum absolute atomic E-state index is 0.233. The van der Waals surface area contributed by atoms with Gasteiger partial charge in [0.05, 0.1) is 12.3 Å². The van der Waals surface area contributed by atoms with Crippen molar-refractivity contribution in [1.29, 1.82) is 0 Å². The third-order valence-electron chi connectivity index (χ3n) is 2.89. The molecule has 4 nitrogen and oxygen atoms in total. The fourth-order valence-corrected chi connectivity index (χ4v) is 2.63. The molecule has 0 spiro atoms. The molecule has 0 atom stereocenters. The zero-order valence-corrected chi connectivity index (χ0v) is 15.2. The van der Waals surface area contributed by atoms with Gasteiger partial charge < -0.3 is 10.1 Å². The second-order valence-corrected chi connectivity index (χ2v) is 6.88. The van der Waals surface area contributed by atoms with Crippen LogP contribution in [0, 0.1) is 5.92 Å². The van der Waals surface area contributed by atoms with Crippen LogP contribution in [0.15, 0.2) is 47.9 Å². The maximum Gasteiger partial charge on any atom is 0.250 e. The van der Waals surface area contributed by atoms with E-state index in [9.17, 15) is 4.79 Å². The molecule has 0 unspecified atom stereocenters. The van der Waals surface area contributed by atoms with Crippen molar-refractivity contribution in [3.05, 3.63) is 52.7 Å². The Labute approximate surface area is 151 Å². The highest BCUT2D eigenvalue weighted by Gasteiger charge is 2.07. The molecule has 1 aromatic carbocycles. The largest absolute Gasteiger partial charge is 0.491 e. The fourth-order valence-electron chi connectivity index (χ4n) is 1.80. The van der Waals surface area contributed by atoms with Crippen LogP contribution in [0.4, 0.5) is 5.69 Å². The summed E-state index contributed by atoms with van der Waals surface area (Å²) >= 11 is 6.76. The fraction of sp³-hybridized carbons (Fsp3) is 0.222. The molecule has 1 aromatic heterocycles. The van der Waals surface area contributed by atoms with Crippen molar-refractivity contribution < 1.29 is 9.53 Å². The lowest BCUT2D eigenvalue weighted by molar-refractivity contribution is -0.115. The standard InChI is InChI=1S/C18H20N2O2S2/c1-13(2)12-22-16-8-4-3-7-15(16)19-18(23)20-17(21)10-9-14-6-5-11-24-14/h3-11,13H,12H2,1-2H3,(H2,19,20,21,23)/b10-9+. The first-order valence-electron chi connectivity index (χ1n) is 7.60. The Bertz CT molecular complexity index is 710. The molecule has 0 aliphatic heterocycles. The molecule has 24 heavy (non-hydrogen) atoms. The van der Waals surface area contributed by atoms with Gasteiger partial charge in [-0.15, -0.1) is 11.3 Å². The monoisotopic (exact) mass is 360 g/mol. The molecule has 6 heteroatoms. The molecule has 0 aliphatic carbocycles. The van der Waals surface area contributed by atoms with Crippen molar-refractivity contribution >= 4 is 46.3 Å². The van der Waals surface area contributed by atoms with E-state index >= 15 is 0 Å². The van der Waals surface area contributed by atoms with E-state index in [0.717, 1.165) is 10.6 Å². The predicted octanol–water partition coefficient (Wildman–Crippen LogP) is 4.31. The number of amides is 1. The number of para-hydroxylation sites is 2. The summed E-state index contributed by atoms with van der Waals surface area (Å²) in [6, 6.07) is 11.4. The summed E-state index contributed by atoms with van der Waals surface area (Å²) in [4.78, 5) is 12.9. The van der Waals surface area contributed by atoms with Gasteiger partial charge in [-0.3, -0.25) is 10.1 Å². The van der Waals surface area contributed by atoms with Gasteiger partial charge in [-0.25, -0.2) is 0 Å². The van der Waals surface area contributed by atoms with E-state index in [2.05, 4.69) is 24.5 Å². The molecule has 0 fully saturated rings. The third-order valence-corrected chi connectivity index (χ3v) is 3.93. The molecular weight excluding hydrogens is 340 g/mol. The van der Waals surface area contributed by atoms with Crippen molar-refractivity contribution in [2.45, 2.75) is 13.8 Å². The van der Waals surface area contributed by atoms with Crippen LogP contribution in [-0.2, 0) is 4.79 Å². The molecule has 2 rings (SSSR count). The zero-order chi connectivity index (χ0) is 17.4. The van der Waals surface area contributed by atoms with Crippen LogP contribution in [0.5, 0.6) is 5.75 Å². The van der Waals surface area contributed by atoms with Crippen LogP contribution in [0.2, 0.25) is 0 Å². The molecule has 0 bridgehead atoms. The number of nitrogens with one attached hydrogen (secondary N) is 2. The van der Waals surface area contributed by atoms with Gasteiger partial charge >= 0.3 is 0 Å². The van der Waals surface area contributed by atoms with E-state index in [0.29, 0.717) is 18.3 Å². The quantitative estimate of drug-likeness (QED) is 0.595. The number of thiophene rings is 1. The molecule has 126 valence electrons. The van der Waals surface area contributed by atoms with Crippen LogP contribution in [-0.4, -0.2) is 17.6 Å². The second-order valence-electron chi connectivity index (χ2n) is 5.49.